The molecule has 0 aromatic rings. The molecule has 0 radical (unpaired) electrons. The number of aliphatic hydroxyl groups is 1. The molecule has 2 aliphatic heterocycles. The molecule has 1 unspecified atom stereocenters. The lowest BCUT2D eigenvalue weighted by Gasteiger charge is -2.24. The van der Waals surface area contributed by atoms with Gasteiger partial charge in [-0.2, -0.15) is 0 Å². The zero-order chi connectivity index (χ0) is 10.5. The Morgan fingerprint density at radius 2 is 1.71 bits per heavy atom. The topological polar surface area (TPSA) is 47.9 Å². The largest absolute Gasteiger partial charge is 0.366 e. The van der Waals surface area contributed by atoms with Gasteiger partial charge in [0.05, 0.1) is 6.10 Å². The van der Waals surface area contributed by atoms with Crippen LogP contribution in [0.3, 0.4) is 0 Å². The van der Waals surface area contributed by atoms with Crippen LogP contribution in [0.5, 0.6) is 0 Å². The lowest BCUT2D eigenvalue weighted by Crippen LogP contribution is -2.33. The monoisotopic (exact) mass is 202 g/mol. The zero-order valence-electron chi connectivity index (χ0n) is 9.06. The highest BCUT2D eigenvalue weighted by molar-refractivity contribution is 4.95. The number of hydrogen-bond donors (Lipinski definition) is 1. The maximum atomic E-state index is 9.62. The molecule has 0 saturated carbocycles. The van der Waals surface area contributed by atoms with Gasteiger partial charge in [-0.25, -0.2) is 0 Å². The summed E-state index contributed by atoms with van der Waals surface area (Å²) in [6.45, 7) is 7.81. The van der Waals surface area contributed by atoms with Crippen molar-refractivity contribution in [2.24, 2.45) is 5.92 Å². The minimum absolute atomic E-state index is 0.0724. The van der Waals surface area contributed by atoms with Gasteiger partial charge >= 0.3 is 0 Å². The maximum absolute atomic E-state index is 9.62. The summed E-state index contributed by atoms with van der Waals surface area (Å²) < 4.78 is 16.7. The van der Waals surface area contributed by atoms with Crippen LogP contribution < -0.4 is 0 Å². The van der Waals surface area contributed by atoms with Crippen molar-refractivity contribution in [2.75, 3.05) is 0 Å². The van der Waals surface area contributed by atoms with Gasteiger partial charge in [-0.15, -0.1) is 0 Å². The molecule has 2 aliphatic rings. The third kappa shape index (κ3) is 1.56. The summed E-state index contributed by atoms with van der Waals surface area (Å²) in [5.41, 5.74) is 0. The molecular formula is C10H18O4. The minimum atomic E-state index is -0.853. The highest BCUT2D eigenvalue weighted by atomic mass is 16.8. The second kappa shape index (κ2) is 3.17. The van der Waals surface area contributed by atoms with E-state index in [0.717, 1.165) is 0 Å². The van der Waals surface area contributed by atoms with Gasteiger partial charge in [0.25, 0.3) is 0 Å². The average Bonchev–Trinajstić information content (AvgIpc) is 2.47. The van der Waals surface area contributed by atoms with Crippen molar-refractivity contribution in [3.05, 3.63) is 0 Å². The summed E-state index contributed by atoms with van der Waals surface area (Å²) in [6, 6.07) is 0. The maximum Gasteiger partial charge on any atom is 0.184 e. The Morgan fingerprint density at radius 1 is 1.14 bits per heavy atom. The molecule has 0 amide bonds. The first kappa shape index (κ1) is 10.4. The highest BCUT2D eigenvalue weighted by Crippen LogP contribution is 2.39. The first-order valence-electron chi connectivity index (χ1n) is 5.10. The van der Waals surface area contributed by atoms with Crippen LogP contribution in [-0.2, 0) is 14.2 Å². The molecule has 4 nitrogen and oxygen atoms in total. The van der Waals surface area contributed by atoms with E-state index in [2.05, 4.69) is 13.8 Å². The van der Waals surface area contributed by atoms with Gasteiger partial charge < -0.3 is 19.3 Å². The molecule has 2 saturated heterocycles. The van der Waals surface area contributed by atoms with Gasteiger partial charge in [0.2, 0.25) is 0 Å². The molecule has 0 aliphatic carbocycles. The number of hydrogen-bond acceptors (Lipinski definition) is 4. The first-order valence-corrected chi connectivity index (χ1v) is 5.10. The first-order chi connectivity index (χ1) is 6.41. The fraction of sp³-hybridized carbons (Fsp3) is 1.00. The Labute approximate surface area is 84.1 Å². The lowest BCUT2D eigenvalue weighted by atomic mass is 10.0. The number of aliphatic hydroxyl groups excluding tert-OH is 1. The fourth-order valence-corrected chi connectivity index (χ4v) is 2.14. The zero-order valence-corrected chi connectivity index (χ0v) is 9.06. The van der Waals surface area contributed by atoms with Crippen molar-refractivity contribution < 1.29 is 19.3 Å². The Kier molecular flexibility index (Phi) is 2.34. The summed E-state index contributed by atoms with van der Waals surface area (Å²) in [5, 5.41) is 9.62. The van der Waals surface area contributed by atoms with E-state index in [0.29, 0.717) is 5.92 Å². The van der Waals surface area contributed by atoms with Gasteiger partial charge in [-0.3, -0.25) is 0 Å². The van der Waals surface area contributed by atoms with Crippen LogP contribution in [0, 0.1) is 5.92 Å². The lowest BCUT2D eigenvalue weighted by molar-refractivity contribution is -0.224. The normalized spacial score (nSPS) is 45.9. The molecule has 0 aromatic heterocycles. The van der Waals surface area contributed by atoms with E-state index in [-0.39, 0.29) is 18.3 Å². The Balaban J connectivity index is 2.15. The Hall–Kier alpha value is -0.160. The molecule has 2 heterocycles. The Bertz CT molecular complexity index is 224. The smallest absolute Gasteiger partial charge is 0.184 e. The molecule has 0 spiro atoms. The summed E-state index contributed by atoms with van der Waals surface area (Å²) in [5.74, 6) is -0.287. The van der Waals surface area contributed by atoms with E-state index in [1.165, 1.54) is 0 Å². The van der Waals surface area contributed by atoms with Gasteiger partial charge in [0.1, 0.15) is 12.2 Å². The highest BCUT2D eigenvalue weighted by Gasteiger charge is 2.55. The van der Waals surface area contributed by atoms with Crippen molar-refractivity contribution in [3.8, 4) is 0 Å². The molecule has 2 fully saturated rings. The van der Waals surface area contributed by atoms with Crippen molar-refractivity contribution >= 4 is 0 Å². The molecule has 0 bridgehead atoms. The van der Waals surface area contributed by atoms with Gasteiger partial charge in [0, 0.05) is 0 Å². The third-order valence-corrected chi connectivity index (χ3v) is 2.72. The van der Waals surface area contributed by atoms with E-state index in [1.807, 2.05) is 13.8 Å². The molecule has 2 rings (SSSR count). The quantitative estimate of drug-likeness (QED) is 0.685. The van der Waals surface area contributed by atoms with E-state index in [1.54, 1.807) is 0 Å². The summed E-state index contributed by atoms with van der Waals surface area (Å²) in [4.78, 5) is 0. The van der Waals surface area contributed by atoms with Crippen molar-refractivity contribution in [1.29, 1.82) is 0 Å². The summed E-state index contributed by atoms with van der Waals surface area (Å²) in [6.07, 6.45) is -1.40. The second-order valence-electron chi connectivity index (χ2n) is 4.80. The minimum Gasteiger partial charge on any atom is -0.366 e. The van der Waals surface area contributed by atoms with Crippen LogP contribution in [0.2, 0.25) is 0 Å². The van der Waals surface area contributed by atoms with Crippen molar-refractivity contribution in [3.63, 3.8) is 0 Å². The predicted molar refractivity (Wildman–Crippen MR) is 49.5 cm³/mol. The van der Waals surface area contributed by atoms with Gasteiger partial charge in [-0.05, 0) is 19.8 Å². The van der Waals surface area contributed by atoms with Gasteiger partial charge in [-0.1, -0.05) is 13.8 Å². The van der Waals surface area contributed by atoms with E-state index in [4.69, 9.17) is 14.2 Å². The summed E-state index contributed by atoms with van der Waals surface area (Å²) >= 11 is 0. The number of ether oxygens (including phenoxy) is 3. The number of rotatable bonds is 1. The molecule has 4 heteroatoms. The van der Waals surface area contributed by atoms with Crippen molar-refractivity contribution in [1.82, 2.24) is 0 Å². The fourth-order valence-electron chi connectivity index (χ4n) is 2.14. The Morgan fingerprint density at radius 3 is 2.29 bits per heavy atom. The summed E-state index contributed by atoms with van der Waals surface area (Å²) in [7, 11) is 0. The van der Waals surface area contributed by atoms with Crippen LogP contribution in [0.15, 0.2) is 0 Å². The van der Waals surface area contributed by atoms with Crippen LogP contribution in [0.4, 0.5) is 0 Å². The average molecular weight is 202 g/mol. The SMILES string of the molecule is CC(C)[C@@H]1OC(O)[C@@H]2OC(C)(C)O[C@H]12. The van der Waals surface area contributed by atoms with Crippen molar-refractivity contribution in [2.45, 2.75) is 58.1 Å². The van der Waals surface area contributed by atoms with E-state index in [9.17, 15) is 5.11 Å². The molecule has 0 aromatic carbocycles. The standard InChI is InChI=1S/C10H18O4/c1-5(2)6-7-8(9(11)12-6)14-10(3,4)13-7/h5-9,11H,1-4H3/t6-,7+,8+,9?/m0/s1. The molecule has 4 atom stereocenters. The van der Waals surface area contributed by atoms with Crippen LogP contribution in [-0.4, -0.2) is 35.5 Å². The predicted octanol–water partition coefficient (Wildman–Crippen LogP) is 0.880. The second-order valence-corrected chi connectivity index (χ2v) is 4.80. The van der Waals surface area contributed by atoms with Crippen LogP contribution in [0.1, 0.15) is 27.7 Å². The third-order valence-electron chi connectivity index (χ3n) is 2.72. The molecule has 82 valence electrons. The van der Waals surface area contributed by atoms with E-state index >= 15 is 0 Å². The van der Waals surface area contributed by atoms with Crippen LogP contribution >= 0.6 is 0 Å². The van der Waals surface area contributed by atoms with E-state index < -0.39 is 12.1 Å². The molecular weight excluding hydrogens is 184 g/mol. The van der Waals surface area contributed by atoms with Crippen LogP contribution in [0.25, 0.3) is 0 Å². The van der Waals surface area contributed by atoms with Gasteiger partial charge in [0.15, 0.2) is 12.1 Å². The number of fused-ring (bicyclic) bond motifs is 1. The molecule has 14 heavy (non-hydrogen) atoms. The molecule has 1 N–H and O–H groups in total.